The number of hydrogen-bond acceptors (Lipinski definition) is 6. The molecule has 2 aromatic heterocycles. The molecule has 4 aromatic rings. The van der Waals surface area contributed by atoms with E-state index in [1.54, 1.807) is 11.1 Å². The number of nitrogens with zero attached hydrogens (tertiary/aromatic N) is 4. The molecule has 1 aliphatic rings. The van der Waals surface area contributed by atoms with Crippen LogP contribution < -0.4 is 15.8 Å². The highest BCUT2D eigenvalue weighted by Gasteiger charge is 2.24. The van der Waals surface area contributed by atoms with Gasteiger partial charge in [0.25, 0.3) is 5.91 Å². The molecule has 0 saturated heterocycles. The zero-order chi connectivity index (χ0) is 28.4. The predicted molar refractivity (Wildman–Crippen MR) is 151 cm³/mol. The molecule has 0 bridgehead atoms. The van der Waals surface area contributed by atoms with Gasteiger partial charge in [0, 0.05) is 37.0 Å². The summed E-state index contributed by atoms with van der Waals surface area (Å²) >= 11 is 0. The van der Waals surface area contributed by atoms with E-state index in [1.165, 1.54) is 19.2 Å². The summed E-state index contributed by atoms with van der Waals surface area (Å²) in [5, 5.41) is 2.81. The highest BCUT2D eigenvalue weighted by molar-refractivity contribution is 5.97. The number of carbonyl (C=O) groups is 2. The van der Waals surface area contributed by atoms with Crippen molar-refractivity contribution in [2.24, 2.45) is 5.92 Å². The van der Waals surface area contributed by atoms with Gasteiger partial charge in [0.2, 0.25) is 11.9 Å². The second kappa shape index (κ2) is 11.2. The van der Waals surface area contributed by atoms with Crippen molar-refractivity contribution in [1.29, 1.82) is 0 Å². The Kier molecular flexibility index (Phi) is 7.50. The van der Waals surface area contributed by atoms with Gasteiger partial charge in [0.05, 0.1) is 23.9 Å². The molecule has 2 aromatic carbocycles. The summed E-state index contributed by atoms with van der Waals surface area (Å²) in [4.78, 5) is 36.3. The van der Waals surface area contributed by atoms with E-state index in [0.717, 1.165) is 46.8 Å². The van der Waals surface area contributed by atoms with Gasteiger partial charge in [-0.1, -0.05) is 38.1 Å². The Hall–Kier alpha value is -4.73. The molecule has 0 radical (unpaired) electrons. The maximum absolute atomic E-state index is 13.7. The molecule has 9 nitrogen and oxygen atoms in total. The van der Waals surface area contributed by atoms with E-state index in [4.69, 9.17) is 15.5 Å². The first kappa shape index (κ1) is 26.9. The van der Waals surface area contributed by atoms with Crippen molar-refractivity contribution < 1.29 is 18.7 Å². The number of imidazole rings is 1. The number of nitrogens with one attached hydrogen (secondary N) is 1. The minimum atomic E-state index is -0.515. The SMILES string of the molecule is COc1ccc(F)cc1C(=O)NCc1ccc(-c2nc(C3=CN(C(=O)C(C)C)CCC3)c3ccnc(N)n23)cc1. The van der Waals surface area contributed by atoms with Gasteiger partial charge < -0.3 is 20.7 Å². The first-order valence-electron chi connectivity index (χ1n) is 13.1. The molecule has 40 heavy (non-hydrogen) atoms. The number of nitrogen functional groups attached to an aromatic ring is 1. The molecular formula is C30H31FN6O3. The second-order valence-corrected chi connectivity index (χ2v) is 9.98. The third kappa shape index (κ3) is 5.25. The average Bonchev–Trinajstić information content (AvgIpc) is 3.37. The van der Waals surface area contributed by atoms with Crippen LogP contribution in [0.25, 0.3) is 22.5 Å². The lowest BCUT2D eigenvalue weighted by atomic mass is 10.0. The quantitative estimate of drug-likeness (QED) is 0.351. The number of fused-ring (bicyclic) bond motifs is 1. The highest BCUT2D eigenvalue weighted by atomic mass is 19.1. The number of nitrogens with two attached hydrogens (primary N) is 1. The largest absolute Gasteiger partial charge is 0.496 e. The van der Waals surface area contributed by atoms with Gasteiger partial charge in [0.15, 0.2) is 0 Å². The van der Waals surface area contributed by atoms with Gasteiger partial charge in [-0.25, -0.2) is 14.4 Å². The van der Waals surface area contributed by atoms with E-state index >= 15 is 0 Å². The number of ether oxygens (including phenoxy) is 1. The summed E-state index contributed by atoms with van der Waals surface area (Å²) in [5.74, 6) is 0.270. The molecule has 1 aliphatic heterocycles. The summed E-state index contributed by atoms with van der Waals surface area (Å²) in [6.07, 6.45) is 5.21. The van der Waals surface area contributed by atoms with Crippen molar-refractivity contribution in [3.8, 4) is 17.1 Å². The number of halogens is 1. The normalized spacial score (nSPS) is 13.4. The van der Waals surface area contributed by atoms with Crippen LogP contribution in [0.5, 0.6) is 5.75 Å². The van der Waals surface area contributed by atoms with Crippen molar-refractivity contribution in [2.45, 2.75) is 33.2 Å². The minimum Gasteiger partial charge on any atom is -0.496 e. The molecular weight excluding hydrogens is 511 g/mol. The van der Waals surface area contributed by atoms with Crippen LogP contribution in [0.4, 0.5) is 10.3 Å². The standard InChI is InChI=1S/C30H31FN6O3/c1-18(2)29(39)36-14-4-5-21(17-36)26-24-12-13-33-30(32)37(24)27(35-26)20-8-6-19(7-9-20)16-34-28(38)23-15-22(31)10-11-25(23)40-3/h6-13,15,17-18H,4-5,14,16H2,1-3H3,(H2,32,33)(H,34,38). The van der Waals surface area contributed by atoms with Crippen LogP contribution in [0.15, 0.2) is 60.9 Å². The van der Waals surface area contributed by atoms with Crippen LogP contribution in [0.2, 0.25) is 0 Å². The van der Waals surface area contributed by atoms with Crippen molar-refractivity contribution >= 4 is 28.9 Å². The number of methoxy groups -OCH3 is 1. The second-order valence-electron chi connectivity index (χ2n) is 9.98. The predicted octanol–water partition coefficient (Wildman–Crippen LogP) is 4.68. The summed E-state index contributed by atoms with van der Waals surface area (Å²) in [6.45, 7) is 4.72. The van der Waals surface area contributed by atoms with Gasteiger partial charge in [-0.05, 0) is 48.2 Å². The molecule has 3 N–H and O–H groups in total. The van der Waals surface area contributed by atoms with Crippen LogP contribution in [0.3, 0.4) is 0 Å². The van der Waals surface area contributed by atoms with Gasteiger partial charge in [-0.2, -0.15) is 0 Å². The summed E-state index contributed by atoms with van der Waals surface area (Å²) < 4.78 is 20.7. The Labute approximate surface area is 231 Å². The van der Waals surface area contributed by atoms with E-state index in [0.29, 0.717) is 24.1 Å². The van der Waals surface area contributed by atoms with Gasteiger partial charge in [0.1, 0.15) is 17.4 Å². The van der Waals surface area contributed by atoms with Gasteiger partial charge in [-0.15, -0.1) is 0 Å². The first-order valence-corrected chi connectivity index (χ1v) is 13.1. The number of rotatable bonds is 7. The van der Waals surface area contributed by atoms with E-state index in [1.807, 2.05) is 54.8 Å². The van der Waals surface area contributed by atoms with Crippen molar-refractivity contribution in [1.82, 2.24) is 24.6 Å². The average molecular weight is 543 g/mol. The zero-order valence-corrected chi connectivity index (χ0v) is 22.6. The fourth-order valence-corrected chi connectivity index (χ4v) is 4.84. The lowest BCUT2D eigenvalue weighted by Gasteiger charge is -2.26. The molecule has 0 fully saturated rings. The Balaban J connectivity index is 1.41. The number of hydrogen-bond donors (Lipinski definition) is 2. The highest BCUT2D eigenvalue weighted by Crippen LogP contribution is 2.33. The van der Waals surface area contributed by atoms with Gasteiger partial charge >= 0.3 is 0 Å². The maximum Gasteiger partial charge on any atom is 0.255 e. The fourth-order valence-electron chi connectivity index (χ4n) is 4.84. The van der Waals surface area contributed by atoms with Crippen LogP contribution in [-0.4, -0.2) is 44.7 Å². The smallest absolute Gasteiger partial charge is 0.255 e. The number of aromatic nitrogens is 3. The number of carbonyl (C=O) groups excluding carboxylic acids is 2. The lowest BCUT2D eigenvalue weighted by Crippen LogP contribution is -2.32. The van der Waals surface area contributed by atoms with Gasteiger partial charge in [-0.3, -0.25) is 14.0 Å². The zero-order valence-electron chi connectivity index (χ0n) is 22.6. The molecule has 0 spiro atoms. The first-order chi connectivity index (χ1) is 19.3. The van der Waals surface area contributed by atoms with Crippen molar-refractivity contribution in [3.05, 3.63) is 83.6 Å². The minimum absolute atomic E-state index is 0.0839. The maximum atomic E-state index is 13.7. The monoisotopic (exact) mass is 542 g/mol. The number of allylic oxidation sites excluding steroid dienone is 1. The molecule has 10 heteroatoms. The number of benzene rings is 2. The number of amides is 2. The molecule has 0 saturated carbocycles. The Morgan fingerprint density at radius 3 is 2.65 bits per heavy atom. The van der Waals surface area contributed by atoms with Crippen LogP contribution >= 0.6 is 0 Å². The summed E-state index contributed by atoms with van der Waals surface area (Å²) in [7, 11) is 1.43. The van der Waals surface area contributed by atoms with Crippen LogP contribution in [0.1, 0.15) is 48.3 Å². The molecule has 5 rings (SSSR count). The third-order valence-electron chi connectivity index (χ3n) is 6.89. The topological polar surface area (TPSA) is 115 Å². The molecule has 2 amide bonds. The summed E-state index contributed by atoms with van der Waals surface area (Å²) in [5.41, 5.74) is 10.6. The molecule has 0 atom stereocenters. The van der Waals surface area contributed by atoms with Crippen molar-refractivity contribution in [3.63, 3.8) is 0 Å². The molecule has 206 valence electrons. The molecule has 0 unspecified atom stereocenters. The van der Waals surface area contributed by atoms with Crippen molar-refractivity contribution in [2.75, 3.05) is 19.4 Å². The molecule has 3 heterocycles. The molecule has 0 aliphatic carbocycles. The van der Waals surface area contributed by atoms with E-state index < -0.39 is 11.7 Å². The Morgan fingerprint density at radius 1 is 1.15 bits per heavy atom. The Bertz CT molecular complexity index is 1610. The fraction of sp³-hybridized carbons (Fsp3) is 0.267. The van der Waals surface area contributed by atoms with E-state index in [9.17, 15) is 14.0 Å². The number of anilines is 1. The van der Waals surface area contributed by atoms with E-state index in [2.05, 4.69) is 10.3 Å². The summed E-state index contributed by atoms with van der Waals surface area (Å²) in [6, 6.07) is 13.3. The van der Waals surface area contributed by atoms with Crippen LogP contribution in [0, 0.1) is 11.7 Å². The third-order valence-corrected chi connectivity index (χ3v) is 6.89. The lowest BCUT2D eigenvalue weighted by molar-refractivity contribution is -0.131. The van der Waals surface area contributed by atoms with E-state index in [-0.39, 0.29) is 23.9 Å². The Morgan fingerprint density at radius 2 is 1.93 bits per heavy atom. The van der Waals surface area contributed by atoms with Crippen LogP contribution in [-0.2, 0) is 11.3 Å².